The molecule has 3 heteroatoms. The fourth-order valence-electron chi connectivity index (χ4n) is 4.28. The lowest BCUT2D eigenvalue weighted by Gasteiger charge is -2.46. The monoisotopic (exact) mass is 224 g/mol. The fraction of sp³-hybridized carbons (Fsp3) is 1.00. The molecule has 5 unspecified atom stereocenters. The molecule has 2 N–H and O–H groups in total. The van der Waals surface area contributed by atoms with Gasteiger partial charge in [-0.15, -0.1) is 0 Å². The molecule has 5 atom stereocenters. The standard InChI is InChI=1S/C13H24N2O/c1-15-10-4-5-12(15)13(11(14)7-10)9-3-2-6-16-8-9/h9-13H,2-8,14H2,1H3. The summed E-state index contributed by atoms with van der Waals surface area (Å²) in [5.74, 6) is 1.40. The lowest BCUT2D eigenvalue weighted by Crippen LogP contribution is -2.55. The predicted octanol–water partition coefficient (Wildman–Crippen LogP) is 1.22. The average molecular weight is 224 g/mol. The second-order valence-corrected chi connectivity index (χ2v) is 5.92. The molecule has 0 aromatic rings. The minimum atomic E-state index is 0.417. The molecule has 3 saturated heterocycles. The van der Waals surface area contributed by atoms with Crippen molar-refractivity contribution < 1.29 is 4.74 Å². The number of nitrogens with two attached hydrogens (primary N) is 1. The van der Waals surface area contributed by atoms with Crippen molar-refractivity contribution in [2.24, 2.45) is 17.6 Å². The Kier molecular flexibility index (Phi) is 2.94. The lowest BCUT2D eigenvalue weighted by molar-refractivity contribution is -0.0152. The first-order chi connectivity index (χ1) is 7.77. The number of ether oxygens (including phenoxy) is 1. The Morgan fingerprint density at radius 2 is 2.12 bits per heavy atom. The molecular formula is C13H24N2O. The molecule has 3 aliphatic heterocycles. The van der Waals surface area contributed by atoms with Crippen molar-refractivity contribution in [2.45, 2.75) is 50.2 Å². The van der Waals surface area contributed by atoms with E-state index < -0.39 is 0 Å². The summed E-state index contributed by atoms with van der Waals surface area (Å²) < 4.78 is 5.65. The second kappa shape index (κ2) is 4.28. The van der Waals surface area contributed by atoms with Gasteiger partial charge in [-0.05, 0) is 51.0 Å². The van der Waals surface area contributed by atoms with Gasteiger partial charge < -0.3 is 15.4 Å². The van der Waals surface area contributed by atoms with Crippen molar-refractivity contribution >= 4 is 0 Å². The van der Waals surface area contributed by atoms with Gasteiger partial charge in [-0.1, -0.05) is 0 Å². The van der Waals surface area contributed by atoms with Crippen LogP contribution in [-0.4, -0.2) is 43.3 Å². The van der Waals surface area contributed by atoms with E-state index in [-0.39, 0.29) is 0 Å². The molecule has 3 aliphatic rings. The molecule has 92 valence electrons. The van der Waals surface area contributed by atoms with Gasteiger partial charge in [0.15, 0.2) is 0 Å². The highest BCUT2D eigenvalue weighted by atomic mass is 16.5. The molecule has 3 heterocycles. The van der Waals surface area contributed by atoms with Crippen LogP contribution in [0.5, 0.6) is 0 Å². The Labute approximate surface area is 98.3 Å². The zero-order chi connectivity index (χ0) is 11.1. The maximum absolute atomic E-state index is 6.41. The third-order valence-corrected chi connectivity index (χ3v) is 5.12. The van der Waals surface area contributed by atoms with E-state index in [2.05, 4.69) is 11.9 Å². The Balaban J connectivity index is 1.76. The van der Waals surface area contributed by atoms with Crippen molar-refractivity contribution in [3.63, 3.8) is 0 Å². The van der Waals surface area contributed by atoms with Crippen molar-refractivity contribution in [1.29, 1.82) is 0 Å². The van der Waals surface area contributed by atoms with Gasteiger partial charge in [0.1, 0.15) is 0 Å². The van der Waals surface area contributed by atoms with Crippen LogP contribution in [0.1, 0.15) is 32.1 Å². The summed E-state index contributed by atoms with van der Waals surface area (Å²) in [4.78, 5) is 2.60. The Morgan fingerprint density at radius 3 is 2.88 bits per heavy atom. The van der Waals surface area contributed by atoms with Gasteiger partial charge in [-0.25, -0.2) is 0 Å². The molecule has 0 aromatic heterocycles. The highest BCUT2D eigenvalue weighted by Gasteiger charge is 2.47. The summed E-state index contributed by atoms with van der Waals surface area (Å²) in [6.45, 7) is 1.91. The molecule has 3 rings (SSSR count). The summed E-state index contributed by atoms with van der Waals surface area (Å²) in [7, 11) is 2.30. The lowest BCUT2D eigenvalue weighted by atomic mass is 9.75. The van der Waals surface area contributed by atoms with Crippen LogP contribution in [0.2, 0.25) is 0 Å². The Hall–Kier alpha value is -0.120. The van der Waals surface area contributed by atoms with Crippen LogP contribution in [0, 0.1) is 11.8 Å². The Morgan fingerprint density at radius 1 is 1.25 bits per heavy atom. The van der Waals surface area contributed by atoms with Gasteiger partial charge in [0.2, 0.25) is 0 Å². The molecule has 0 saturated carbocycles. The van der Waals surface area contributed by atoms with Crippen molar-refractivity contribution in [1.82, 2.24) is 4.90 Å². The van der Waals surface area contributed by atoms with Gasteiger partial charge in [0, 0.05) is 31.3 Å². The van der Waals surface area contributed by atoms with Gasteiger partial charge in [-0.3, -0.25) is 0 Å². The van der Waals surface area contributed by atoms with E-state index in [0.717, 1.165) is 31.2 Å². The third kappa shape index (κ3) is 1.69. The number of nitrogens with zero attached hydrogens (tertiary/aromatic N) is 1. The van der Waals surface area contributed by atoms with E-state index in [4.69, 9.17) is 10.5 Å². The van der Waals surface area contributed by atoms with Crippen LogP contribution in [0.25, 0.3) is 0 Å². The number of piperidine rings is 1. The number of hydrogen-bond acceptors (Lipinski definition) is 3. The quantitative estimate of drug-likeness (QED) is 0.728. The van der Waals surface area contributed by atoms with E-state index >= 15 is 0 Å². The maximum atomic E-state index is 6.41. The van der Waals surface area contributed by atoms with E-state index in [1.54, 1.807) is 0 Å². The molecule has 2 bridgehead atoms. The minimum absolute atomic E-state index is 0.417. The number of hydrogen-bond donors (Lipinski definition) is 1. The first kappa shape index (κ1) is 11.0. The highest BCUT2D eigenvalue weighted by Crippen LogP contribution is 2.42. The van der Waals surface area contributed by atoms with E-state index in [9.17, 15) is 0 Å². The zero-order valence-electron chi connectivity index (χ0n) is 10.3. The maximum Gasteiger partial charge on any atom is 0.0498 e. The van der Waals surface area contributed by atoms with E-state index in [1.807, 2.05) is 0 Å². The highest BCUT2D eigenvalue weighted by molar-refractivity contribution is 5.02. The zero-order valence-corrected chi connectivity index (χ0v) is 10.3. The third-order valence-electron chi connectivity index (χ3n) is 5.12. The topological polar surface area (TPSA) is 38.5 Å². The van der Waals surface area contributed by atoms with Crippen LogP contribution in [-0.2, 0) is 4.74 Å². The molecule has 16 heavy (non-hydrogen) atoms. The van der Waals surface area contributed by atoms with Gasteiger partial charge in [-0.2, -0.15) is 0 Å². The van der Waals surface area contributed by atoms with E-state index in [1.165, 1.54) is 32.1 Å². The molecule has 3 nitrogen and oxygen atoms in total. The summed E-state index contributed by atoms with van der Waals surface area (Å²) >= 11 is 0. The summed E-state index contributed by atoms with van der Waals surface area (Å²) in [5.41, 5.74) is 6.41. The molecule has 0 radical (unpaired) electrons. The second-order valence-electron chi connectivity index (χ2n) is 5.92. The summed E-state index contributed by atoms with van der Waals surface area (Å²) in [6.07, 6.45) is 6.48. The molecule has 0 amide bonds. The molecule has 0 aliphatic carbocycles. The Bertz CT molecular complexity index is 252. The predicted molar refractivity (Wildman–Crippen MR) is 64.2 cm³/mol. The molecule has 0 spiro atoms. The first-order valence-corrected chi connectivity index (χ1v) is 6.82. The summed E-state index contributed by atoms with van der Waals surface area (Å²) in [6, 6.07) is 1.92. The first-order valence-electron chi connectivity index (χ1n) is 6.82. The van der Waals surface area contributed by atoms with Crippen LogP contribution in [0.3, 0.4) is 0 Å². The SMILES string of the molecule is CN1C2CCC1C(C1CCCOC1)C(N)C2. The van der Waals surface area contributed by atoms with Crippen LogP contribution in [0.4, 0.5) is 0 Å². The van der Waals surface area contributed by atoms with Crippen LogP contribution in [0.15, 0.2) is 0 Å². The molecule has 3 fully saturated rings. The largest absolute Gasteiger partial charge is 0.381 e. The molecular weight excluding hydrogens is 200 g/mol. The molecule has 0 aromatic carbocycles. The van der Waals surface area contributed by atoms with Gasteiger partial charge in [0.25, 0.3) is 0 Å². The van der Waals surface area contributed by atoms with E-state index in [0.29, 0.717) is 12.0 Å². The fourth-order valence-corrected chi connectivity index (χ4v) is 4.28. The number of fused-ring (bicyclic) bond motifs is 2. The van der Waals surface area contributed by atoms with Crippen molar-refractivity contribution in [3.05, 3.63) is 0 Å². The minimum Gasteiger partial charge on any atom is -0.381 e. The van der Waals surface area contributed by atoms with Gasteiger partial charge in [0.05, 0.1) is 0 Å². The normalized spacial score (nSPS) is 49.5. The van der Waals surface area contributed by atoms with Crippen molar-refractivity contribution in [3.8, 4) is 0 Å². The van der Waals surface area contributed by atoms with Gasteiger partial charge >= 0.3 is 0 Å². The average Bonchev–Trinajstić information content (AvgIpc) is 2.56. The van der Waals surface area contributed by atoms with Crippen molar-refractivity contribution in [2.75, 3.05) is 20.3 Å². The van der Waals surface area contributed by atoms with Crippen LogP contribution >= 0.6 is 0 Å². The number of rotatable bonds is 1. The summed E-state index contributed by atoms with van der Waals surface area (Å²) in [5, 5.41) is 0. The smallest absolute Gasteiger partial charge is 0.0498 e. The van der Waals surface area contributed by atoms with Crippen LogP contribution < -0.4 is 5.73 Å².